The summed E-state index contributed by atoms with van der Waals surface area (Å²) in [6.07, 6.45) is 2.60. The third kappa shape index (κ3) is 4.11. The lowest BCUT2D eigenvalue weighted by Gasteiger charge is -2.14. The SMILES string of the molecule is COc1cc(C(=O)NC(=Cc2ccco2)C(=O)O)cc(OC)c1OC. The molecule has 0 radical (unpaired) electrons. The summed E-state index contributed by atoms with van der Waals surface area (Å²) in [6.45, 7) is 0. The van der Waals surface area contributed by atoms with E-state index in [0.29, 0.717) is 11.5 Å². The molecule has 25 heavy (non-hydrogen) atoms. The standard InChI is InChI=1S/C17H17NO7/c1-22-13-7-10(8-14(23-2)15(13)24-3)16(19)18-12(17(20)21)9-11-5-4-6-25-11/h4-9H,1-3H3,(H,18,19)(H,20,21). The van der Waals surface area contributed by atoms with Crippen LogP contribution in [0, 0.1) is 0 Å². The summed E-state index contributed by atoms with van der Waals surface area (Å²) in [5.74, 6) is -0.789. The van der Waals surface area contributed by atoms with Gasteiger partial charge in [0.2, 0.25) is 5.75 Å². The highest BCUT2D eigenvalue weighted by molar-refractivity contribution is 6.03. The van der Waals surface area contributed by atoms with Crippen molar-refractivity contribution in [3.05, 3.63) is 47.5 Å². The molecule has 1 aromatic carbocycles. The topological polar surface area (TPSA) is 107 Å². The first-order valence-electron chi connectivity index (χ1n) is 7.10. The van der Waals surface area contributed by atoms with Crippen molar-refractivity contribution < 1.29 is 33.3 Å². The first-order valence-corrected chi connectivity index (χ1v) is 7.10. The molecule has 0 unspecified atom stereocenters. The Morgan fingerprint density at radius 1 is 1.12 bits per heavy atom. The van der Waals surface area contributed by atoms with Gasteiger partial charge in [-0.05, 0) is 24.3 Å². The molecule has 2 N–H and O–H groups in total. The number of aliphatic carboxylic acids is 1. The maximum Gasteiger partial charge on any atom is 0.352 e. The number of ether oxygens (including phenoxy) is 3. The zero-order chi connectivity index (χ0) is 18.4. The lowest BCUT2D eigenvalue weighted by Crippen LogP contribution is -2.27. The van der Waals surface area contributed by atoms with Gasteiger partial charge in [0, 0.05) is 11.6 Å². The average molecular weight is 347 g/mol. The Morgan fingerprint density at radius 3 is 2.20 bits per heavy atom. The fourth-order valence-electron chi connectivity index (χ4n) is 2.07. The van der Waals surface area contributed by atoms with E-state index >= 15 is 0 Å². The molecule has 1 aromatic heterocycles. The number of benzene rings is 1. The maximum atomic E-state index is 12.4. The highest BCUT2D eigenvalue weighted by Crippen LogP contribution is 2.38. The molecule has 0 saturated heterocycles. The van der Waals surface area contributed by atoms with E-state index in [9.17, 15) is 14.7 Å². The second-order valence-corrected chi connectivity index (χ2v) is 4.75. The quantitative estimate of drug-likeness (QED) is 0.739. The number of carbonyl (C=O) groups excluding carboxylic acids is 1. The molecule has 0 atom stereocenters. The van der Waals surface area contributed by atoms with Gasteiger partial charge in [0.15, 0.2) is 11.5 Å². The van der Waals surface area contributed by atoms with E-state index in [4.69, 9.17) is 18.6 Å². The summed E-state index contributed by atoms with van der Waals surface area (Å²) in [7, 11) is 4.27. The molecule has 0 aliphatic rings. The first-order chi connectivity index (χ1) is 12.0. The van der Waals surface area contributed by atoms with Crippen molar-refractivity contribution >= 4 is 18.0 Å². The predicted molar refractivity (Wildman–Crippen MR) is 87.9 cm³/mol. The molecule has 0 fully saturated rings. The first kappa shape index (κ1) is 17.9. The van der Waals surface area contributed by atoms with Crippen molar-refractivity contribution in [2.24, 2.45) is 0 Å². The third-order valence-electron chi connectivity index (χ3n) is 3.24. The van der Waals surface area contributed by atoms with Gasteiger partial charge >= 0.3 is 5.97 Å². The van der Waals surface area contributed by atoms with Gasteiger partial charge in [0.1, 0.15) is 11.5 Å². The summed E-state index contributed by atoms with van der Waals surface area (Å²) in [6, 6.07) is 6.01. The van der Waals surface area contributed by atoms with E-state index in [1.165, 1.54) is 45.8 Å². The highest BCUT2D eigenvalue weighted by atomic mass is 16.5. The van der Waals surface area contributed by atoms with Crippen LogP contribution in [-0.4, -0.2) is 38.3 Å². The van der Waals surface area contributed by atoms with Crippen LogP contribution in [0.15, 0.2) is 40.6 Å². The monoisotopic (exact) mass is 347 g/mol. The molecular weight excluding hydrogens is 330 g/mol. The van der Waals surface area contributed by atoms with E-state index in [-0.39, 0.29) is 22.8 Å². The third-order valence-corrected chi connectivity index (χ3v) is 3.24. The van der Waals surface area contributed by atoms with Crippen molar-refractivity contribution in [1.82, 2.24) is 5.32 Å². The van der Waals surface area contributed by atoms with Gasteiger partial charge in [-0.25, -0.2) is 4.79 Å². The minimum Gasteiger partial charge on any atom is -0.493 e. The van der Waals surface area contributed by atoms with Crippen molar-refractivity contribution in [1.29, 1.82) is 0 Å². The van der Waals surface area contributed by atoms with Crippen LogP contribution >= 0.6 is 0 Å². The second kappa shape index (κ2) is 7.91. The molecule has 2 rings (SSSR count). The molecule has 2 aromatic rings. The molecule has 0 aliphatic heterocycles. The fourth-order valence-corrected chi connectivity index (χ4v) is 2.07. The van der Waals surface area contributed by atoms with Crippen molar-refractivity contribution in [3.8, 4) is 17.2 Å². The maximum absolute atomic E-state index is 12.4. The van der Waals surface area contributed by atoms with Crippen molar-refractivity contribution in [2.45, 2.75) is 0 Å². The molecule has 132 valence electrons. The molecule has 0 aliphatic carbocycles. The van der Waals surface area contributed by atoms with Crippen LogP contribution in [0.1, 0.15) is 16.1 Å². The summed E-state index contributed by atoms with van der Waals surface area (Å²) in [5, 5.41) is 11.6. The largest absolute Gasteiger partial charge is 0.493 e. The van der Waals surface area contributed by atoms with Crippen LogP contribution in [0.25, 0.3) is 6.08 Å². The summed E-state index contributed by atoms with van der Waals surface area (Å²) in [4.78, 5) is 23.8. The minimum absolute atomic E-state index is 0.140. The van der Waals surface area contributed by atoms with Gasteiger partial charge in [-0.1, -0.05) is 0 Å². The number of carboxylic acid groups (broad SMARTS) is 1. The van der Waals surface area contributed by atoms with Gasteiger partial charge in [-0.3, -0.25) is 4.79 Å². The normalized spacial score (nSPS) is 10.9. The van der Waals surface area contributed by atoms with E-state index in [0.717, 1.165) is 0 Å². The molecule has 0 spiro atoms. The number of rotatable bonds is 7. The zero-order valence-corrected chi connectivity index (χ0v) is 13.9. The number of hydrogen-bond donors (Lipinski definition) is 2. The summed E-state index contributed by atoms with van der Waals surface area (Å²) < 4.78 is 20.6. The Kier molecular flexibility index (Phi) is 5.67. The molecule has 8 nitrogen and oxygen atoms in total. The Bertz CT molecular complexity index is 768. The Labute approximate surface area is 143 Å². The number of furan rings is 1. The molecule has 0 bridgehead atoms. The van der Waals surface area contributed by atoms with E-state index in [2.05, 4.69) is 5.32 Å². The lowest BCUT2D eigenvalue weighted by atomic mass is 10.1. The number of carboxylic acids is 1. The Hall–Kier alpha value is -3.42. The fraction of sp³-hybridized carbons (Fsp3) is 0.176. The number of methoxy groups -OCH3 is 3. The van der Waals surface area contributed by atoms with Gasteiger partial charge < -0.3 is 29.1 Å². The van der Waals surface area contributed by atoms with Crippen LogP contribution < -0.4 is 19.5 Å². The van der Waals surface area contributed by atoms with Gasteiger partial charge in [0.25, 0.3) is 5.91 Å². The summed E-state index contributed by atoms with van der Waals surface area (Å²) in [5.41, 5.74) is -0.199. The smallest absolute Gasteiger partial charge is 0.352 e. The number of hydrogen-bond acceptors (Lipinski definition) is 6. The van der Waals surface area contributed by atoms with Gasteiger partial charge in [0.05, 0.1) is 27.6 Å². The highest BCUT2D eigenvalue weighted by Gasteiger charge is 2.19. The van der Waals surface area contributed by atoms with Crippen LogP contribution in [-0.2, 0) is 4.79 Å². The zero-order valence-electron chi connectivity index (χ0n) is 13.9. The predicted octanol–water partition coefficient (Wildman–Crippen LogP) is 2.16. The molecule has 8 heteroatoms. The summed E-state index contributed by atoms with van der Waals surface area (Å²) >= 11 is 0. The van der Waals surface area contributed by atoms with Gasteiger partial charge in [-0.15, -0.1) is 0 Å². The molecule has 1 amide bonds. The Morgan fingerprint density at radius 2 is 1.76 bits per heavy atom. The van der Waals surface area contributed by atoms with Crippen LogP contribution in [0.3, 0.4) is 0 Å². The average Bonchev–Trinajstić information content (AvgIpc) is 3.12. The number of amides is 1. The van der Waals surface area contributed by atoms with Crippen molar-refractivity contribution in [2.75, 3.05) is 21.3 Å². The van der Waals surface area contributed by atoms with E-state index in [1.54, 1.807) is 12.1 Å². The number of carbonyl (C=O) groups is 2. The van der Waals surface area contributed by atoms with Gasteiger partial charge in [-0.2, -0.15) is 0 Å². The van der Waals surface area contributed by atoms with Crippen LogP contribution in [0.5, 0.6) is 17.2 Å². The van der Waals surface area contributed by atoms with Crippen LogP contribution in [0.2, 0.25) is 0 Å². The molecule has 0 saturated carbocycles. The number of nitrogens with one attached hydrogen (secondary N) is 1. The minimum atomic E-state index is -1.31. The van der Waals surface area contributed by atoms with Crippen molar-refractivity contribution in [3.63, 3.8) is 0 Å². The molecule has 1 heterocycles. The van der Waals surface area contributed by atoms with E-state index in [1.807, 2.05) is 0 Å². The van der Waals surface area contributed by atoms with E-state index < -0.39 is 11.9 Å². The molecular formula is C17H17NO7. The second-order valence-electron chi connectivity index (χ2n) is 4.75. The lowest BCUT2D eigenvalue weighted by molar-refractivity contribution is -0.132. The van der Waals surface area contributed by atoms with Crippen LogP contribution in [0.4, 0.5) is 0 Å². The Balaban J connectivity index is 2.34.